The van der Waals surface area contributed by atoms with Crippen molar-refractivity contribution in [3.8, 4) is 0 Å². The van der Waals surface area contributed by atoms with E-state index >= 15 is 0 Å². The number of rotatable bonds is 4. The summed E-state index contributed by atoms with van der Waals surface area (Å²) >= 11 is 0. The summed E-state index contributed by atoms with van der Waals surface area (Å²) < 4.78 is 26.4. The quantitative estimate of drug-likeness (QED) is 0.717. The molecule has 0 aromatic carbocycles. The van der Waals surface area contributed by atoms with Crippen molar-refractivity contribution >= 4 is 15.7 Å². The Morgan fingerprint density at radius 1 is 1.60 bits per heavy atom. The average molecular weight is 232 g/mol. The Bertz CT molecular complexity index is 424. The summed E-state index contributed by atoms with van der Waals surface area (Å²) in [6.07, 6.45) is 3.50. The van der Waals surface area contributed by atoms with Gasteiger partial charge in [0, 0.05) is 19.8 Å². The van der Waals surface area contributed by atoms with Crippen LogP contribution in [0.4, 0.5) is 0 Å². The number of amides is 1. The summed E-state index contributed by atoms with van der Waals surface area (Å²) in [6, 6.07) is 0. The van der Waals surface area contributed by atoms with Crippen molar-refractivity contribution in [2.24, 2.45) is 0 Å². The van der Waals surface area contributed by atoms with E-state index in [1.54, 1.807) is 0 Å². The highest BCUT2D eigenvalue weighted by molar-refractivity contribution is 7.90. The molecule has 0 bridgehead atoms. The van der Waals surface area contributed by atoms with Gasteiger partial charge in [-0.25, -0.2) is 13.4 Å². The van der Waals surface area contributed by atoms with Crippen molar-refractivity contribution in [3.05, 3.63) is 18.4 Å². The van der Waals surface area contributed by atoms with Gasteiger partial charge in [-0.3, -0.25) is 4.79 Å². The Morgan fingerprint density at radius 2 is 2.27 bits per heavy atom. The minimum atomic E-state index is -3.06. The Kier molecular flexibility index (Phi) is 3.46. The fraction of sp³-hybridized carbons (Fsp3) is 0.500. The van der Waals surface area contributed by atoms with Crippen molar-refractivity contribution in [1.29, 1.82) is 0 Å². The molecule has 1 aromatic rings. The molecule has 1 heterocycles. The van der Waals surface area contributed by atoms with Gasteiger partial charge >= 0.3 is 0 Å². The van der Waals surface area contributed by atoms with Crippen LogP contribution >= 0.6 is 0 Å². The van der Waals surface area contributed by atoms with E-state index in [9.17, 15) is 13.2 Å². The summed E-state index contributed by atoms with van der Waals surface area (Å²) in [6.45, 7) is 0.143. The first-order valence-corrected chi connectivity index (χ1v) is 6.27. The highest BCUT2D eigenvalue weighted by atomic mass is 32.2. The normalized spacial score (nSPS) is 11.3. The fourth-order valence-electron chi connectivity index (χ4n) is 0.918. The third-order valence-corrected chi connectivity index (χ3v) is 2.72. The van der Waals surface area contributed by atoms with Crippen molar-refractivity contribution in [2.75, 3.05) is 25.6 Å². The minimum absolute atomic E-state index is 0.0624. The molecule has 0 saturated carbocycles. The molecular weight excluding hydrogens is 220 g/mol. The van der Waals surface area contributed by atoms with Crippen molar-refractivity contribution in [1.82, 2.24) is 9.88 Å². The maximum Gasteiger partial charge on any atom is 0.275 e. The molecular formula is C8H12N2O4S. The van der Waals surface area contributed by atoms with Gasteiger partial charge in [-0.15, -0.1) is 0 Å². The van der Waals surface area contributed by atoms with Crippen LogP contribution in [0.25, 0.3) is 0 Å². The molecule has 0 N–H and O–H groups in total. The Labute approximate surface area is 87.8 Å². The summed E-state index contributed by atoms with van der Waals surface area (Å²) in [5, 5.41) is 0. The average Bonchev–Trinajstić information content (AvgIpc) is 2.64. The maximum absolute atomic E-state index is 11.5. The minimum Gasteiger partial charge on any atom is -0.451 e. The molecule has 1 rings (SSSR count). The summed E-state index contributed by atoms with van der Waals surface area (Å²) in [7, 11) is -1.54. The topological polar surface area (TPSA) is 80.5 Å². The van der Waals surface area contributed by atoms with E-state index in [0.29, 0.717) is 0 Å². The first kappa shape index (κ1) is 11.7. The lowest BCUT2D eigenvalue weighted by Crippen LogP contribution is -2.31. The lowest BCUT2D eigenvalue weighted by molar-refractivity contribution is 0.0797. The van der Waals surface area contributed by atoms with E-state index in [2.05, 4.69) is 9.40 Å². The molecule has 6 nitrogen and oxygen atoms in total. The van der Waals surface area contributed by atoms with Crippen molar-refractivity contribution < 1.29 is 17.6 Å². The Hall–Kier alpha value is -1.37. The smallest absolute Gasteiger partial charge is 0.275 e. The van der Waals surface area contributed by atoms with Gasteiger partial charge in [0.2, 0.25) is 0 Å². The molecule has 1 amide bonds. The summed E-state index contributed by atoms with van der Waals surface area (Å²) in [5.74, 6) is -0.417. The van der Waals surface area contributed by atoms with Crippen LogP contribution in [0.2, 0.25) is 0 Å². The number of aromatic nitrogens is 1. The van der Waals surface area contributed by atoms with Gasteiger partial charge in [-0.1, -0.05) is 0 Å². The number of nitrogens with zero attached hydrogens (tertiary/aromatic N) is 2. The second-order valence-corrected chi connectivity index (χ2v) is 5.49. The number of carbonyl (C=O) groups excluding carboxylic acids is 1. The highest BCUT2D eigenvalue weighted by Gasteiger charge is 2.15. The summed E-state index contributed by atoms with van der Waals surface area (Å²) in [5.41, 5.74) is 0.172. The van der Waals surface area contributed by atoms with Crippen molar-refractivity contribution in [2.45, 2.75) is 0 Å². The third-order valence-electron chi connectivity index (χ3n) is 1.80. The van der Waals surface area contributed by atoms with Gasteiger partial charge in [-0.05, 0) is 0 Å². The largest absolute Gasteiger partial charge is 0.451 e. The van der Waals surface area contributed by atoms with Gasteiger partial charge in [-0.2, -0.15) is 0 Å². The van der Waals surface area contributed by atoms with Crippen LogP contribution < -0.4 is 0 Å². The lowest BCUT2D eigenvalue weighted by atomic mass is 10.4. The van der Waals surface area contributed by atoms with E-state index < -0.39 is 9.84 Å². The fourth-order valence-corrected chi connectivity index (χ4v) is 1.52. The van der Waals surface area contributed by atoms with E-state index in [-0.39, 0.29) is 23.9 Å². The predicted molar refractivity (Wildman–Crippen MR) is 53.2 cm³/mol. The SMILES string of the molecule is CN(CCS(C)(=O)=O)C(=O)c1cocn1. The second kappa shape index (κ2) is 4.43. The van der Waals surface area contributed by atoms with E-state index in [1.807, 2.05) is 0 Å². The van der Waals surface area contributed by atoms with Crippen LogP contribution in [0.5, 0.6) is 0 Å². The van der Waals surface area contributed by atoms with Gasteiger partial charge in [0.25, 0.3) is 5.91 Å². The lowest BCUT2D eigenvalue weighted by Gasteiger charge is -2.14. The Morgan fingerprint density at radius 3 is 2.73 bits per heavy atom. The van der Waals surface area contributed by atoms with Gasteiger partial charge < -0.3 is 9.32 Å². The van der Waals surface area contributed by atoms with Gasteiger partial charge in [0.15, 0.2) is 12.1 Å². The molecule has 7 heteroatoms. The molecule has 0 saturated heterocycles. The molecule has 0 spiro atoms. The van der Waals surface area contributed by atoms with Gasteiger partial charge in [0.05, 0.1) is 5.75 Å². The standard InChI is InChI=1S/C8H12N2O4S/c1-10(3-4-15(2,12)13)8(11)7-5-14-6-9-7/h5-6H,3-4H2,1-2H3. The third kappa shape index (κ3) is 3.70. The van der Waals surface area contributed by atoms with Crippen LogP contribution in [-0.2, 0) is 9.84 Å². The molecule has 0 aliphatic heterocycles. The zero-order chi connectivity index (χ0) is 11.5. The van der Waals surface area contributed by atoms with Crippen LogP contribution in [0.3, 0.4) is 0 Å². The van der Waals surface area contributed by atoms with Crippen LogP contribution in [-0.4, -0.2) is 49.8 Å². The first-order chi connectivity index (χ1) is 6.90. The molecule has 15 heavy (non-hydrogen) atoms. The van der Waals surface area contributed by atoms with E-state index in [4.69, 9.17) is 0 Å². The zero-order valence-corrected chi connectivity index (χ0v) is 9.32. The molecule has 0 aliphatic carbocycles. The number of oxazole rings is 1. The van der Waals surface area contributed by atoms with Gasteiger partial charge in [0.1, 0.15) is 16.1 Å². The number of carbonyl (C=O) groups is 1. The first-order valence-electron chi connectivity index (χ1n) is 4.21. The molecule has 0 unspecified atom stereocenters. The number of hydrogen-bond donors (Lipinski definition) is 0. The molecule has 84 valence electrons. The highest BCUT2D eigenvalue weighted by Crippen LogP contribution is 2.00. The molecule has 1 aromatic heterocycles. The molecule has 0 aliphatic rings. The molecule has 0 radical (unpaired) electrons. The van der Waals surface area contributed by atoms with Crippen LogP contribution in [0.15, 0.2) is 17.1 Å². The number of hydrogen-bond acceptors (Lipinski definition) is 5. The summed E-state index contributed by atoms with van der Waals surface area (Å²) in [4.78, 5) is 16.5. The number of sulfone groups is 1. The van der Waals surface area contributed by atoms with E-state index in [0.717, 1.165) is 12.6 Å². The zero-order valence-electron chi connectivity index (χ0n) is 8.50. The maximum atomic E-state index is 11.5. The van der Waals surface area contributed by atoms with Crippen molar-refractivity contribution in [3.63, 3.8) is 0 Å². The molecule has 0 fully saturated rings. The monoisotopic (exact) mass is 232 g/mol. The van der Waals surface area contributed by atoms with E-state index in [1.165, 1.54) is 18.2 Å². The van der Waals surface area contributed by atoms with Crippen LogP contribution in [0.1, 0.15) is 10.5 Å². The van der Waals surface area contributed by atoms with Crippen LogP contribution in [0, 0.1) is 0 Å². The second-order valence-electron chi connectivity index (χ2n) is 3.23. The molecule has 0 atom stereocenters. The predicted octanol–water partition coefficient (Wildman–Crippen LogP) is -0.209. The Balaban J connectivity index is 2.55.